The van der Waals surface area contributed by atoms with Gasteiger partial charge >= 0.3 is 0 Å². The Morgan fingerprint density at radius 3 is 3.00 bits per heavy atom. The number of carbonyl (C=O) groups excluding carboxylic acids is 1. The van der Waals surface area contributed by atoms with Crippen molar-refractivity contribution in [3.8, 4) is 0 Å². The van der Waals surface area contributed by atoms with Crippen LogP contribution >= 0.6 is 0 Å². The van der Waals surface area contributed by atoms with E-state index in [9.17, 15) is 9.59 Å². The summed E-state index contributed by atoms with van der Waals surface area (Å²) in [6, 6.07) is 7.43. The number of furan rings is 1. The van der Waals surface area contributed by atoms with Crippen LogP contribution in [0.1, 0.15) is 19.3 Å². The van der Waals surface area contributed by atoms with Gasteiger partial charge in [0.15, 0.2) is 0 Å². The van der Waals surface area contributed by atoms with Crippen molar-refractivity contribution in [2.45, 2.75) is 31.8 Å². The summed E-state index contributed by atoms with van der Waals surface area (Å²) in [6.45, 7) is 1.09. The largest absolute Gasteiger partial charge is 0.448 e. The molecule has 1 saturated heterocycles. The minimum Gasteiger partial charge on any atom is -0.448 e. The van der Waals surface area contributed by atoms with Crippen molar-refractivity contribution in [3.05, 3.63) is 40.9 Å². The molecule has 7 nitrogen and oxygen atoms in total. The van der Waals surface area contributed by atoms with Crippen LogP contribution in [0.15, 0.2) is 39.8 Å². The number of para-hydroxylation sites is 1. The maximum atomic E-state index is 12.7. The third-order valence-corrected chi connectivity index (χ3v) is 4.88. The van der Waals surface area contributed by atoms with E-state index in [1.165, 1.54) is 10.9 Å². The third-order valence-electron chi connectivity index (χ3n) is 4.88. The van der Waals surface area contributed by atoms with Crippen molar-refractivity contribution in [1.82, 2.24) is 14.5 Å². The number of rotatable bonds is 3. The lowest BCUT2D eigenvalue weighted by Crippen LogP contribution is -2.49. The summed E-state index contributed by atoms with van der Waals surface area (Å²) in [5, 5.41) is 0.798. The molecule has 0 aliphatic carbocycles. The first-order valence-corrected chi connectivity index (χ1v) is 8.55. The molecule has 0 spiro atoms. The number of hydrogen-bond donors (Lipinski definition) is 1. The normalized spacial score (nSPS) is 18.1. The highest BCUT2D eigenvalue weighted by atomic mass is 16.3. The molecule has 1 aliphatic heterocycles. The molecule has 3 heterocycles. The Labute approximate surface area is 144 Å². The van der Waals surface area contributed by atoms with Crippen LogP contribution < -0.4 is 11.3 Å². The molecule has 4 rings (SSSR count). The zero-order chi connectivity index (χ0) is 17.4. The van der Waals surface area contributed by atoms with Crippen molar-refractivity contribution < 1.29 is 9.21 Å². The van der Waals surface area contributed by atoms with E-state index in [1.807, 2.05) is 18.2 Å². The van der Waals surface area contributed by atoms with E-state index in [4.69, 9.17) is 10.2 Å². The highest BCUT2D eigenvalue weighted by molar-refractivity contribution is 6.01. The lowest BCUT2D eigenvalue weighted by atomic mass is 10.0. The number of amides is 1. The fraction of sp³-hybridized carbons (Fsp3) is 0.389. The summed E-state index contributed by atoms with van der Waals surface area (Å²) < 4.78 is 6.97. The molecular formula is C18H20N4O3. The molecule has 1 atom stereocenters. The number of piperidine rings is 1. The van der Waals surface area contributed by atoms with Crippen LogP contribution in [0.4, 0.5) is 0 Å². The Morgan fingerprint density at radius 2 is 2.16 bits per heavy atom. The molecule has 1 unspecified atom stereocenters. The second-order valence-electron chi connectivity index (χ2n) is 6.43. The maximum absolute atomic E-state index is 12.7. The molecular weight excluding hydrogens is 320 g/mol. The number of carbonyl (C=O) groups is 1. The van der Waals surface area contributed by atoms with Gasteiger partial charge in [-0.05, 0) is 31.4 Å². The van der Waals surface area contributed by atoms with E-state index >= 15 is 0 Å². The van der Waals surface area contributed by atoms with Gasteiger partial charge in [0.25, 0.3) is 5.56 Å². The Morgan fingerprint density at radius 1 is 1.32 bits per heavy atom. The van der Waals surface area contributed by atoms with Gasteiger partial charge in [0, 0.05) is 24.5 Å². The van der Waals surface area contributed by atoms with E-state index < -0.39 is 0 Å². The van der Waals surface area contributed by atoms with E-state index in [0.29, 0.717) is 24.2 Å². The number of aromatic nitrogens is 2. The highest BCUT2D eigenvalue weighted by Crippen LogP contribution is 2.24. The first-order chi connectivity index (χ1) is 12.2. The van der Waals surface area contributed by atoms with Gasteiger partial charge in [-0.25, -0.2) is 4.98 Å². The Kier molecular flexibility index (Phi) is 4.01. The van der Waals surface area contributed by atoms with E-state index in [-0.39, 0.29) is 29.6 Å². The second kappa shape index (κ2) is 6.33. The Hall–Kier alpha value is -2.67. The lowest BCUT2D eigenvalue weighted by Gasteiger charge is -2.35. The molecule has 2 N–H and O–H groups in total. The van der Waals surface area contributed by atoms with E-state index in [1.54, 1.807) is 11.0 Å². The minimum absolute atomic E-state index is 0.0463. The number of nitrogens with two attached hydrogens (primary N) is 1. The van der Waals surface area contributed by atoms with Crippen molar-refractivity contribution in [3.63, 3.8) is 0 Å². The van der Waals surface area contributed by atoms with Gasteiger partial charge in [0.1, 0.15) is 17.6 Å². The van der Waals surface area contributed by atoms with Crippen LogP contribution in [0.25, 0.3) is 22.1 Å². The molecule has 7 heteroatoms. The number of fused-ring (bicyclic) bond motifs is 3. The van der Waals surface area contributed by atoms with Gasteiger partial charge in [-0.3, -0.25) is 14.2 Å². The second-order valence-corrected chi connectivity index (χ2v) is 6.43. The Bertz CT molecular complexity index is 991. The van der Waals surface area contributed by atoms with Gasteiger partial charge in [-0.15, -0.1) is 0 Å². The molecule has 130 valence electrons. The lowest BCUT2D eigenvalue weighted by molar-refractivity contribution is -0.135. The molecule has 1 fully saturated rings. The van der Waals surface area contributed by atoms with Crippen molar-refractivity contribution in [1.29, 1.82) is 0 Å². The molecule has 0 bridgehead atoms. The SMILES string of the molecule is NCC1CCCCN1C(=O)Cn1cnc2c(oc3ccccc32)c1=O. The number of benzene rings is 1. The van der Waals surface area contributed by atoms with Gasteiger partial charge in [-0.2, -0.15) is 0 Å². The predicted octanol–water partition coefficient (Wildman–Crippen LogP) is 1.48. The molecule has 25 heavy (non-hydrogen) atoms. The van der Waals surface area contributed by atoms with Crippen molar-refractivity contribution in [2.24, 2.45) is 5.73 Å². The zero-order valence-electron chi connectivity index (χ0n) is 13.9. The fourth-order valence-corrected chi connectivity index (χ4v) is 3.54. The maximum Gasteiger partial charge on any atom is 0.297 e. The van der Waals surface area contributed by atoms with E-state index in [0.717, 1.165) is 24.6 Å². The molecule has 3 aromatic rings. The fourth-order valence-electron chi connectivity index (χ4n) is 3.54. The van der Waals surface area contributed by atoms with Crippen LogP contribution in [0.2, 0.25) is 0 Å². The quantitative estimate of drug-likeness (QED) is 0.779. The molecule has 1 amide bonds. The van der Waals surface area contributed by atoms with Crippen LogP contribution in [0, 0.1) is 0 Å². The van der Waals surface area contributed by atoms with Gasteiger partial charge in [0.05, 0.1) is 6.33 Å². The van der Waals surface area contributed by atoms with Crippen LogP contribution in [0.5, 0.6) is 0 Å². The summed E-state index contributed by atoms with van der Waals surface area (Å²) >= 11 is 0. The molecule has 0 radical (unpaired) electrons. The number of likely N-dealkylation sites (tertiary alicyclic amines) is 1. The molecule has 1 aromatic carbocycles. The van der Waals surface area contributed by atoms with Crippen molar-refractivity contribution in [2.75, 3.05) is 13.1 Å². The van der Waals surface area contributed by atoms with E-state index in [2.05, 4.69) is 4.98 Å². The van der Waals surface area contributed by atoms with Crippen molar-refractivity contribution >= 4 is 28.0 Å². The van der Waals surface area contributed by atoms with Crippen LogP contribution in [-0.2, 0) is 11.3 Å². The highest BCUT2D eigenvalue weighted by Gasteiger charge is 2.26. The Balaban J connectivity index is 1.67. The van der Waals surface area contributed by atoms with Gasteiger partial charge in [-0.1, -0.05) is 12.1 Å². The first-order valence-electron chi connectivity index (χ1n) is 8.55. The molecule has 2 aromatic heterocycles. The zero-order valence-corrected chi connectivity index (χ0v) is 13.9. The molecule has 0 saturated carbocycles. The van der Waals surface area contributed by atoms with Crippen LogP contribution in [0.3, 0.4) is 0 Å². The predicted molar refractivity (Wildman–Crippen MR) is 94.2 cm³/mol. The summed E-state index contributed by atoms with van der Waals surface area (Å²) in [5.74, 6) is -0.102. The monoisotopic (exact) mass is 340 g/mol. The average molecular weight is 340 g/mol. The van der Waals surface area contributed by atoms with Gasteiger partial charge in [0.2, 0.25) is 11.5 Å². The average Bonchev–Trinajstić information content (AvgIpc) is 3.03. The summed E-state index contributed by atoms with van der Waals surface area (Å²) in [6.07, 6.45) is 4.39. The standard InChI is InChI=1S/C18H20N4O3/c19-9-12-5-3-4-8-22(12)15(23)10-21-11-20-16-13-6-1-2-7-14(13)25-17(16)18(21)24/h1-2,6-7,11-12H,3-5,8-10,19H2. The number of hydrogen-bond acceptors (Lipinski definition) is 5. The smallest absolute Gasteiger partial charge is 0.297 e. The van der Waals surface area contributed by atoms with Gasteiger partial charge < -0.3 is 15.1 Å². The summed E-state index contributed by atoms with van der Waals surface area (Å²) in [5.41, 5.74) is 6.78. The topological polar surface area (TPSA) is 94.4 Å². The minimum atomic E-state index is -0.337. The summed E-state index contributed by atoms with van der Waals surface area (Å²) in [7, 11) is 0. The molecule has 1 aliphatic rings. The summed E-state index contributed by atoms with van der Waals surface area (Å²) in [4.78, 5) is 31.5. The number of nitrogens with zero attached hydrogens (tertiary/aromatic N) is 3. The third kappa shape index (κ3) is 2.70. The van der Waals surface area contributed by atoms with Crippen LogP contribution in [-0.4, -0.2) is 39.5 Å². The first kappa shape index (κ1) is 15.8.